The number of aliphatic hydroxyl groups excluding tert-OH is 2. The summed E-state index contributed by atoms with van der Waals surface area (Å²) in [6, 6.07) is 0. The van der Waals surface area contributed by atoms with Crippen LogP contribution in [0.4, 0.5) is 0 Å². The molecule has 3 nitrogen and oxygen atoms in total. The summed E-state index contributed by atoms with van der Waals surface area (Å²) in [6.45, 7) is 2.16. The van der Waals surface area contributed by atoms with Gasteiger partial charge < -0.3 is 10.2 Å². The van der Waals surface area contributed by atoms with Crippen LogP contribution >= 0.6 is 0 Å². The first-order valence-corrected chi connectivity index (χ1v) is 8.27. The van der Waals surface area contributed by atoms with Gasteiger partial charge in [-0.1, -0.05) is 24.6 Å². The number of fused-ring (bicyclic) bond motifs is 5. The molecule has 2 N–H and O–H groups in total. The number of ketones is 1. The lowest BCUT2D eigenvalue weighted by Crippen LogP contribution is -2.47. The second-order valence-corrected chi connectivity index (χ2v) is 7.77. The minimum atomic E-state index is -0.572. The Bertz CT molecular complexity index is 535. The van der Waals surface area contributed by atoms with Gasteiger partial charge in [0.25, 0.3) is 0 Å². The van der Waals surface area contributed by atoms with Crippen LogP contribution in [-0.4, -0.2) is 28.2 Å². The van der Waals surface area contributed by atoms with Gasteiger partial charge in [-0.3, -0.25) is 4.79 Å². The van der Waals surface area contributed by atoms with Crippen molar-refractivity contribution in [3.63, 3.8) is 0 Å². The Morgan fingerprint density at radius 3 is 2.90 bits per heavy atom. The van der Waals surface area contributed by atoms with Gasteiger partial charge >= 0.3 is 0 Å². The SMILES string of the molecule is C[C@]12CC[C@H]3[C@@H](CC=C4CC(=O)C=C[C@@H]43)[C@@H]1C[C@H](O)[C@@H]2O. The molecular formula is C18H24O3. The molecule has 0 amide bonds. The lowest BCUT2D eigenvalue weighted by molar-refractivity contribution is -0.114. The minimum absolute atomic E-state index is 0.125. The highest BCUT2D eigenvalue weighted by Crippen LogP contribution is 2.60. The van der Waals surface area contributed by atoms with Crippen LogP contribution in [0.2, 0.25) is 0 Å². The van der Waals surface area contributed by atoms with Gasteiger partial charge in [0.1, 0.15) is 0 Å². The highest BCUT2D eigenvalue weighted by molar-refractivity contribution is 5.93. The first-order chi connectivity index (χ1) is 10.0. The summed E-state index contributed by atoms with van der Waals surface area (Å²) in [6.07, 6.45) is 9.44. The van der Waals surface area contributed by atoms with E-state index in [1.165, 1.54) is 5.57 Å². The van der Waals surface area contributed by atoms with Gasteiger partial charge in [-0.05, 0) is 54.9 Å². The summed E-state index contributed by atoms with van der Waals surface area (Å²) in [5.41, 5.74) is 1.19. The largest absolute Gasteiger partial charge is 0.390 e. The third kappa shape index (κ3) is 1.83. The Hall–Kier alpha value is -0.930. The van der Waals surface area contributed by atoms with Crippen LogP contribution in [0.25, 0.3) is 0 Å². The van der Waals surface area contributed by atoms with E-state index in [1.807, 2.05) is 0 Å². The lowest BCUT2D eigenvalue weighted by atomic mass is 9.53. The van der Waals surface area contributed by atoms with Gasteiger partial charge in [0.2, 0.25) is 0 Å². The Morgan fingerprint density at radius 1 is 1.29 bits per heavy atom. The summed E-state index contributed by atoms with van der Waals surface area (Å²) in [4.78, 5) is 11.6. The first-order valence-electron chi connectivity index (χ1n) is 8.27. The summed E-state index contributed by atoms with van der Waals surface area (Å²) in [5.74, 6) is 2.18. The first kappa shape index (κ1) is 13.7. The van der Waals surface area contributed by atoms with Crippen LogP contribution in [0.3, 0.4) is 0 Å². The monoisotopic (exact) mass is 288 g/mol. The van der Waals surface area contributed by atoms with Crippen LogP contribution in [0.1, 0.15) is 39.0 Å². The van der Waals surface area contributed by atoms with E-state index in [9.17, 15) is 15.0 Å². The molecular weight excluding hydrogens is 264 g/mol. The zero-order chi connectivity index (χ0) is 14.8. The van der Waals surface area contributed by atoms with Gasteiger partial charge in [0.15, 0.2) is 5.78 Å². The van der Waals surface area contributed by atoms with Crippen LogP contribution in [0, 0.1) is 29.1 Å². The summed E-state index contributed by atoms with van der Waals surface area (Å²) < 4.78 is 0. The minimum Gasteiger partial charge on any atom is -0.390 e. The van der Waals surface area contributed by atoms with Crippen LogP contribution in [0.15, 0.2) is 23.8 Å². The Balaban J connectivity index is 1.67. The number of hydrogen-bond donors (Lipinski definition) is 2. The second-order valence-electron chi connectivity index (χ2n) is 7.77. The molecule has 0 saturated heterocycles. The molecule has 0 aromatic heterocycles. The number of hydrogen-bond acceptors (Lipinski definition) is 3. The second kappa shape index (κ2) is 4.53. The number of carbonyl (C=O) groups is 1. The zero-order valence-electron chi connectivity index (χ0n) is 12.5. The third-order valence-corrected chi connectivity index (χ3v) is 6.88. The average Bonchev–Trinajstić information content (AvgIpc) is 2.70. The normalized spacial score (nSPS) is 52.0. The summed E-state index contributed by atoms with van der Waals surface area (Å²) in [7, 11) is 0. The highest BCUT2D eigenvalue weighted by atomic mass is 16.3. The number of allylic oxidation sites excluding steroid dienone is 4. The van der Waals surface area contributed by atoms with E-state index in [0.717, 1.165) is 25.7 Å². The fraction of sp³-hybridized carbons (Fsp3) is 0.722. The van der Waals surface area contributed by atoms with E-state index in [-0.39, 0.29) is 11.2 Å². The third-order valence-electron chi connectivity index (χ3n) is 6.88. The molecule has 0 aromatic rings. The zero-order valence-corrected chi connectivity index (χ0v) is 12.5. The molecule has 0 radical (unpaired) electrons. The maximum Gasteiger partial charge on any atom is 0.159 e. The quantitative estimate of drug-likeness (QED) is 0.672. The van der Waals surface area contributed by atoms with Crippen LogP contribution in [0.5, 0.6) is 0 Å². The molecule has 0 aliphatic heterocycles. The van der Waals surface area contributed by atoms with Crippen LogP contribution in [-0.2, 0) is 4.79 Å². The van der Waals surface area contributed by atoms with Crippen molar-refractivity contribution in [2.75, 3.05) is 0 Å². The van der Waals surface area contributed by atoms with E-state index in [2.05, 4.69) is 19.1 Å². The van der Waals surface area contributed by atoms with E-state index >= 15 is 0 Å². The number of aliphatic hydroxyl groups is 2. The smallest absolute Gasteiger partial charge is 0.159 e. The van der Waals surface area contributed by atoms with Gasteiger partial charge in [0.05, 0.1) is 12.2 Å². The molecule has 2 saturated carbocycles. The van der Waals surface area contributed by atoms with Crippen molar-refractivity contribution >= 4 is 5.78 Å². The average molecular weight is 288 g/mol. The number of carbonyl (C=O) groups excluding carboxylic acids is 1. The Kier molecular flexibility index (Phi) is 2.96. The van der Waals surface area contributed by atoms with Gasteiger partial charge in [-0.2, -0.15) is 0 Å². The van der Waals surface area contributed by atoms with Gasteiger partial charge in [-0.25, -0.2) is 0 Å². The molecule has 0 heterocycles. The maximum atomic E-state index is 11.6. The molecule has 0 bridgehead atoms. The molecule has 4 aliphatic carbocycles. The number of rotatable bonds is 0. The van der Waals surface area contributed by atoms with Crippen molar-refractivity contribution in [2.45, 2.75) is 51.2 Å². The topological polar surface area (TPSA) is 57.5 Å². The summed E-state index contributed by atoms with van der Waals surface area (Å²) in [5, 5.41) is 20.5. The molecule has 4 rings (SSSR count). The van der Waals surface area contributed by atoms with Crippen LogP contribution < -0.4 is 0 Å². The molecule has 0 aromatic carbocycles. The predicted octanol–water partition coefficient (Wildman–Crippen LogP) is 2.24. The van der Waals surface area contributed by atoms with E-state index in [4.69, 9.17) is 0 Å². The summed E-state index contributed by atoms with van der Waals surface area (Å²) >= 11 is 0. The van der Waals surface area contributed by atoms with Gasteiger partial charge in [0, 0.05) is 12.3 Å². The molecule has 21 heavy (non-hydrogen) atoms. The van der Waals surface area contributed by atoms with Crippen molar-refractivity contribution in [3.8, 4) is 0 Å². The fourth-order valence-corrected chi connectivity index (χ4v) is 5.72. The molecule has 3 heteroatoms. The fourth-order valence-electron chi connectivity index (χ4n) is 5.72. The van der Waals surface area contributed by atoms with Crippen molar-refractivity contribution < 1.29 is 15.0 Å². The molecule has 0 unspecified atom stereocenters. The van der Waals surface area contributed by atoms with E-state index < -0.39 is 12.2 Å². The highest BCUT2D eigenvalue weighted by Gasteiger charge is 2.58. The molecule has 2 fully saturated rings. The molecule has 114 valence electrons. The molecule has 7 atom stereocenters. The molecule has 0 spiro atoms. The Morgan fingerprint density at radius 2 is 2.10 bits per heavy atom. The van der Waals surface area contributed by atoms with Crippen molar-refractivity contribution in [1.29, 1.82) is 0 Å². The van der Waals surface area contributed by atoms with Gasteiger partial charge in [-0.15, -0.1) is 0 Å². The van der Waals surface area contributed by atoms with Crippen molar-refractivity contribution in [1.82, 2.24) is 0 Å². The van der Waals surface area contributed by atoms with Crippen molar-refractivity contribution in [3.05, 3.63) is 23.8 Å². The Labute approximate surface area is 125 Å². The maximum absolute atomic E-state index is 11.6. The van der Waals surface area contributed by atoms with E-state index in [1.54, 1.807) is 6.08 Å². The van der Waals surface area contributed by atoms with E-state index in [0.29, 0.717) is 30.1 Å². The standard InChI is InChI=1S/C18H24O3/c1-18-7-6-13-12-5-3-11(19)8-10(12)2-4-14(13)15(18)9-16(20)17(18)21/h2-3,5,12-17,20-21H,4,6-9H2,1H3/t12-,13+,14+,15-,16-,17-,18-/m0/s1. The van der Waals surface area contributed by atoms with Crippen molar-refractivity contribution in [2.24, 2.45) is 29.1 Å². The molecule has 4 aliphatic rings. The predicted molar refractivity (Wildman–Crippen MR) is 79.4 cm³/mol. The lowest BCUT2D eigenvalue weighted by Gasteiger charge is -2.51.